The summed E-state index contributed by atoms with van der Waals surface area (Å²) in [7, 11) is 0. The van der Waals surface area contributed by atoms with Crippen LogP contribution in [-0.4, -0.2) is 11.2 Å². The molecule has 0 heterocycles. The molecular formula is C11H12O. The predicted octanol–water partition coefficient (Wildman–Crippen LogP) is 2.22. The van der Waals surface area contributed by atoms with Crippen LogP contribution >= 0.6 is 0 Å². The number of benzene rings is 1. The van der Waals surface area contributed by atoms with Gasteiger partial charge < -0.3 is 5.11 Å². The maximum absolute atomic E-state index is 9.57. The van der Waals surface area contributed by atoms with Crippen molar-refractivity contribution in [3.8, 4) is 0 Å². The molecule has 0 fully saturated rings. The second-order valence-corrected chi connectivity index (χ2v) is 3.12. The predicted molar refractivity (Wildman–Crippen MR) is 49.7 cm³/mol. The van der Waals surface area contributed by atoms with E-state index in [-0.39, 0.29) is 6.10 Å². The maximum Gasteiger partial charge on any atom is 0.0795 e. The number of aliphatic hydroxyl groups excluding tert-OH is 1. The van der Waals surface area contributed by atoms with Crippen LogP contribution in [0.5, 0.6) is 0 Å². The average Bonchev–Trinajstić information content (AvgIpc) is 2.53. The standard InChI is InChI=1S/C11H12O/c12-11-8-4-7-10(11)9-5-2-1-3-6-9/h1-3,5-7,11-12H,4,8H2/t11-/m1/s1. The van der Waals surface area contributed by atoms with Crippen molar-refractivity contribution in [3.63, 3.8) is 0 Å². The Morgan fingerprint density at radius 3 is 2.50 bits per heavy atom. The molecule has 0 saturated heterocycles. The van der Waals surface area contributed by atoms with E-state index in [1.54, 1.807) is 0 Å². The molecule has 0 radical (unpaired) electrons. The fourth-order valence-corrected chi connectivity index (χ4v) is 1.63. The Kier molecular flexibility index (Phi) is 1.96. The van der Waals surface area contributed by atoms with E-state index in [1.165, 1.54) is 0 Å². The zero-order valence-corrected chi connectivity index (χ0v) is 6.90. The lowest BCUT2D eigenvalue weighted by Gasteiger charge is -2.07. The van der Waals surface area contributed by atoms with E-state index in [0.717, 1.165) is 24.0 Å². The van der Waals surface area contributed by atoms with Crippen molar-refractivity contribution >= 4 is 5.57 Å². The van der Waals surface area contributed by atoms with Crippen molar-refractivity contribution in [1.82, 2.24) is 0 Å². The molecule has 1 N–H and O–H groups in total. The van der Waals surface area contributed by atoms with Crippen LogP contribution in [0.4, 0.5) is 0 Å². The topological polar surface area (TPSA) is 20.2 Å². The summed E-state index contributed by atoms with van der Waals surface area (Å²) in [4.78, 5) is 0. The van der Waals surface area contributed by atoms with Crippen LogP contribution in [0.2, 0.25) is 0 Å². The highest BCUT2D eigenvalue weighted by Gasteiger charge is 2.16. The highest BCUT2D eigenvalue weighted by Crippen LogP contribution is 2.27. The van der Waals surface area contributed by atoms with Crippen LogP contribution < -0.4 is 0 Å². The number of aliphatic hydroxyl groups is 1. The normalized spacial score (nSPS) is 22.4. The van der Waals surface area contributed by atoms with Crippen molar-refractivity contribution in [2.24, 2.45) is 0 Å². The number of allylic oxidation sites excluding steroid dienone is 1. The van der Waals surface area contributed by atoms with Gasteiger partial charge in [0.2, 0.25) is 0 Å². The lowest BCUT2D eigenvalue weighted by Crippen LogP contribution is -2.02. The van der Waals surface area contributed by atoms with Crippen LogP contribution in [0.15, 0.2) is 36.4 Å². The molecule has 1 aromatic rings. The molecule has 0 amide bonds. The minimum absolute atomic E-state index is 0.243. The zero-order chi connectivity index (χ0) is 8.39. The lowest BCUT2D eigenvalue weighted by molar-refractivity contribution is 0.231. The van der Waals surface area contributed by atoms with Crippen molar-refractivity contribution < 1.29 is 5.11 Å². The minimum Gasteiger partial charge on any atom is -0.388 e. The van der Waals surface area contributed by atoms with Gasteiger partial charge in [-0.1, -0.05) is 36.4 Å². The van der Waals surface area contributed by atoms with Crippen LogP contribution in [0.25, 0.3) is 5.57 Å². The van der Waals surface area contributed by atoms with Crippen molar-refractivity contribution in [1.29, 1.82) is 0 Å². The smallest absolute Gasteiger partial charge is 0.0795 e. The molecule has 0 aliphatic heterocycles. The summed E-state index contributed by atoms with van der Waals surface area (Å²) in [5, 5.41) is 9.57. The van der Waals surface area contributed by atoms with Gasteiger partial charge in [0.15, 0.2) is 0 Å². The Morgan fingerprint density at radius 1 is 1.17 bits per heavy atom. The highest BCUT2D eigenvalue weighted by molar-refractivity contribution is 5.70. The van der Waals surface area contributed by atoms with Gasteiger partial charge in [-0.15, -0.1) is 0 Å². The molecule has 1 aliphatic rings. The Bertz CT molecular complexity index is 287. The minimum atomic E-state index is -0.243. The Labute approximate surface area is 72.4 Å². The van der Waals surface area contributed by atoms with E-state index in [1.807, 2.05) is 30.3 Å². The monoisotopic (exact) mass is 160 g/mol. The first kappa shape index (κ1) is 7.56. The summed E-state index contributed by atoms with van der Waals surface area (Å²) in [6.07, 6.45) is 3.77. The number of hydrogen-bond acceptors (Lipinski definition) is 1. The zero-order valence-electron chi connectivity index (χ0n) is 6.90. The third-order valence-corrected chi connectivity index (χ3v) is 2.27. The van der Waals surface area contributed by atoms with Gasteiger partial charge in [-0.3, -0.25) is 0 Å². The first-order valence-corrected chi connectivity index (χ1v) is 4.31. The SMILES string of the molecule is O[C@@H]1CCC=C1c1ccccc1. The second-order valence-electron chi connectivity index (χ2n) is 3.12. The fourth-order valence-electron chi connectivity index (χ4n) is 1.63. The van der Waals surface area contributed by atoms with Crippen LogP contribution in [0, 0.1) is 0 Å². The largest absolute Gasteiger partial charge is 0.388 e. The van der Waals surface area contributed by atoms with Crippen molar-refractivity contribution in [2.75, 3.05) is 0 Å². The van der Waals surface area contributed by atoms with Gasteiger partial charge in [-0.25, -0.2) is 0 Å². The van der Waals surface area contributed by atoms with Crippen LogP contribution in [0.1, 0.15) is 18.4 Å². The van der Waals surface area contributed by atoms with Gasteiger partial charge in [-0.2, -0.15) is 0 Å². The molecule has 1 heteroatoms. The molecular weight excluding hydrogens is 148 g/mol. The highest BCUT2D eigenvalue weighted by atomic mass is 16.3. The van der Waals surface area contributed by atoms with Crippen LogP contribution in [-0.2, 0) is 0 Å². The lowest BCUT2D eigenvalue weighted by atomic mass is 10.0. The van der Waals surface area contributed by atoms with Gasteiger partial charge in [0.05, 0.1) is 6.10 Å². The average molecular weight is 160 g/mol. The third-order valence-electron chi connectivity index (χ3n) is 2.27. The van der Waals surface area contributed by atoms with E-state index < -0.39 is 0 Å². The first-order valence-electron chi connectivity index (χ1n) is 4.31. The summed E-state index contributed by atoms with van der Waals surface area (Å²) >= 11 is 0. The molecule has 12 heavy (non-hydrogen) atoms. The molecule has 2 rings (SSSR count). The molecule has 0 unspecified atom stereocenters. The summed E-state index contributed by atoms with van der Waals surface area (Å²) in [5.41, 5.74) is 2.25. The van der Waals surface area contributed by atoms with E-state index in [2.05, 4.69) is 6.08 Å². The first-order chi connectivity index (χ1) is 5.88. The maximum atomic E-state index is 9.57. The summed E-state index contributed by atoms with van der Waals surface area (Å²) in [5.74, 6) is 0. The molecule has 0 bridgehead atoms. The van der Waals surface area contributed by atoms with Gasteiger partial charge in [0.1, 0.15) is 0 Å². The quantitative estimate of drug-likeness (QED) is 0.668. The van der Waals surface area contributed by atoms with E-state index in [4.69, 9.17) is 0 Å². The van der Waals surface area contributed by atoms with Gasteiger partial charge >= 0.3 is 0 Å². The second kappa shape index (κ2) is 3.11. The van der Waals surface area contributed by atoms with Crippen molar-refractivity contribution in [2.45, 2.75) is 18.9 Å². The van der Waals surface area contributed by atoms with E-state index in [9.17, 15) is 5.11 Å². The Balaban J connectivity index is 2.31. The molecule has 1 aliphatic carbocycles. The molecule has 1 atom stereocenters. The summed E-state index contributed by atoms with van der Waals surface area (Å²) in [6, 6.07) is 10.1. The Hall–Kier alpha value is -1.08. The number of hydrogen-bond donors (Lipinski definition) is 1. The summed E-state index contributed by atoms with van der Waals surface area (Å²) < 4.78 is 0. The molecule has 1 nitrogen and oxygen atoms in total. The third kappa shape index (κ3) is 1.28. The molecule has 0 saturated carbocycles. The van der Waals surface area contributed by atoms with Crippen LogP contribution in [0.3, 0.4) is 0 Å². The molecule has 0 spiro atoms. The van der Waals surface area contributed by atoms with E-state index >= 15 is 0 Å². The van der Waals surface area contributed by atoms with Gasteiger partial charge in [0, 0.05) is 0 Å². The van der Waals surface area contributed by atoms with E-state index in [0.29, 0.717) is 0 Å². The molecule has 62 valence electrons. The van der Waals surface area contributed by atoms with Gasteiger partial charge in [0.25, 0.3) is 0 Å². The van der Waals surface area contributed by atoms with Crippen molar-refractivity contribution in [3.05, 3.63) is 42.0 Å². The van der Waals surface area contributed by atoms with Gasteiger partial charge in [-0.05, 0) is 24.0 Å². The summed E-state index contributed by atoms with van der Waals surface area (Å²) in [6.45, 7) is 0. The fraction of sp³-hybridized carbons (Fsp3) is 0.273. The Morgan fingerprint density at radius 2 is 1.92 bits per heavy atom. The number of rotatable bonds is 1. The molecule has 0 aromatic heterocycles. The molecule has 1 aromatic carbocycles.